The van der Waals surface area contributed by atoms with Crippen LogP contribution in [0.25, 0.3) is 0 Å². The molecule has 0 aromatic heterocycles. The van der Waals surface area contributed by atoms with Gasteiger partial charge in [-0.3, -0.25) is 4.99 Å². The number of nitrogens with one attached hydrogen (secondary N) is 2. The number of amidine groups is 1. The molecule has 0 spiro atoms. The molecule has 2 aromatic carbocycles. The lowest BCUT2D eigenvalue weighted by Gasteiger charge is -2.40. The topological polar surface area (TPSA) is 36.4 Å². The fraction of sp³-hybridized carbons (Fsp3) is 0.409. The lowest BCUT2D eigenvalue weighted by atomic mass is 9.86. The van der Waals surface area contributed by atoms with Gasteiger partial charge in [-0.05, 0) is 50.5 Å². The van der Waals surface area contributed by atoms with E-state index < -0.39 is 5.54 Å². The molecule has 26 heavy (non-hydrogen) atoms. The third-order valence-electron chi connectivity index (χ3n) is 5.61. The Balaban J connectivity index is 1.78. The lowest BCUT2D eigenvalue weighted by molar-refractivity contribution is 0.441. The van der Waals surface area contributed by atoms with Crippen molar-refractivity contribution in [2.45, 2.75) is 57.5 Å². The van der Waals surface area contributed by atoms with Crippen LogP contribution in [-0.4, -0.2) is 11.9 Å². The van der Waals surface area contributed by atoms with Gasteiger partial charge in [-0.1, -0.05) is 60.7 Å². The fourth-order valence-electron chi connectivity index (χ4n) is 3.96. The Morgan fingerprint density at radius 1 is 1.00 bits per heavy atom. The lowest BCUT2D eigenvalue weighted by Crippen LogP contribution is -2.48. The number of rotatable bonds is 2. The second-order valence-electron chi connectivity index (χ2n) is 7.70. The van der Waals surface area contributed by atoms with Crippen molar-refractivity contribution in [2.75, 3.05) is 10.6 Å². The summed E-state index contributed by atoms with van der Waals surface area (Å²) in [7, 11) is 0. The molecule has 1 saturated carbocycles. The van der Waals surface area contributed by atoms with Crippen molar-refractivity contribution >= 4 is 28.8 Å². The number of hydrogen-bond donors (Lipinski definition) is 2. The maximum atomic E-state index is 6.23. The molecule has 1 fully saturated rings. The summed E-state index contributed by atoms with van der Waals surface area (Å²) in [5, 5.41) is 8.05. The molecule has 2 N–H and O–H groups in total. The highest BCUT2D eigenvalue weighted by Gasteiger charge is 2.38. The van der Waals surface area contributed by atoms with Crippen LogP contribution in [0.3, 0.4) is 0 Å². The Kier molecular flexibility index (Phi) is 4.66. The molecule has 0 bridgehead atoms. The Bertz CT molecular complexity index is 822. The van der Waals surface area contributed by atoms with Crippen molar-refractivity contribution in [3.63, 3.8) is 0 Å². The molecule has 2 aliphatic rings. The number of benzene rings is 2. The minimum absolute atomic E-state index is 0.400. The van der Waals surface area contributed by atoms with Crippen molar-refractivity contribution in [1.82, 2.24) is 0 Å². The second kappa shape index (κ2) is 6.96. The molecule has 1 aliphatic heterocycles. The molecule has 1 aliphatic carbocycles. The van der Waals surface area contributed by atoms with Gasteiger partial charge in [0, 0.05) is 5.02 Å². The van der Waals surface area contributed by atoms with Gasteiger partial charge in [0.05, 0.1) is 17.4 Å². The first kappa shape index (κ1) is 17.4. The number of hydrogen-bond acceptors (Lipinski definition) is 2. The highest BCUT2D eigenvalue weighted by molar-refractivity contribution is 6.31. The van der Waals surface area contributed by atoms with Crippen LogP contribution in [0.5, 0.6) is 0 Å². The Hall–Kier alpha value is -2.00. The highest BCUT2D eigenvalue weighted by atomic mass is 35.5. The average molecular weight is 368 g/mol. The summed E-state index contributed by atoms with van der Waals surface area (Å²) in [6, 6.07) is 15.0. The molecule has 3 nitrogen and oxygen atoms in total. The zero-order valence-electron chi connectivity index (χ0n) is 15.5. The molecule has 4 heteroatoms. The first-order chi connectivity index (χ1) is 12.5. The number of aryl methyl sites for hydroxylation is 1. The van der Waals surface area contributed by atoms with E-state index in [0.717, 1.165) is 22.2 Å². The van der Waals surface area contributed by atoms with Gasteiger partial charge >= 0.3 is 0 Å². The van der Waals surface area contributed by atoms with Gasteiger partial charge in [0.15, 0.2) is 0 Å². The monoisotopic (exact) mass is 367 g/mol. The summed E-state index contributed by atoms with van der Waals surface area (Å²) in [6.45, 7) is 4.32. The third kappa shape index (κ3) is 3.33. The molecule has 136 valence electrons. The smallest absolute Gasteiger partial charge is 0.131 e. The van der Waals surface area contributed by atoms with E-state index in [-0.39, 0.29) is 0 Å². The first-order valence-corrected chi connectivity index (χ1v) is 9.92. The van der Waals surface area contributed by atoms with Gasteiger partial charge in [0.25, 0.3) is 0 Å². The Morgan fingerprint density at radius 3 is 2.46 bits per heavy atom. The fourth-order valence-corrected chi connectivity index (χ4v) is 4.13. The van der Waals surface area contributed by atoms with Crippen LogP contribution >= 0.6 is 11.6 Å². The average Bonchev–Trinajstić information content (AvgIpc) is 2.64. The van der Waals surface area contributed by atoms with E-state index in [1.807, 2.05) is 18.2 Å². The van der Waals surface area contributed by atoms with E-state index >= 15 is 0 Å². The van der Waals surface area contributed by atoms with Gasteiger partial charge in [-0.2, -0.15) is 0 Å². The van der Waals surface area contributed by atoms with Crippen molar-refractivity contribution in [1.29, 1.82) is 0 Å². The largest absolute Gasteiger partial charge is 0.368 e. The number of aliphatic imine (C=N–C) groups is 1. The number of fused-ring (bicyclic) bond motifs is 1. The Labute approximate surface area is 160 Å². The molecule has 4 rings (SSSR count). The van der Waals surface area contributed by atoms with Gasteiger partial charge in [0.2, 0.25) is 0 Å². The summed E-state index contributed by atoms with van der Waals surface area (Å²) in [5.74, 6) is 1.00. The van der Waals surface area contributed by atoms with Crippen molar-refractivity contribution in [3.8, 4) is 0 Å². The van der Waals surface area contributed by atoms with E-state index in [9.17, 15) is 0 Å². The van der Waals surface area contributed by atoms with Crippen LogP contribution in [0.15, 0.2) is 47.5 Å². The van der Waals surface area contributed by atoms with Crippen molar-refractivity contribution in [3.05, 3.63) is 58.6 Å². The van der Waals surface area contributed by atoms with E-state index in [0.29, 0.717) is 6.04 Å². The second-order valence-corrected chi connectivity index (χ2v) is 8.14. The van der Waals surface area contributed by atoms with Gasteiger partial charge in [0.1, 0.15) is 11.4 Å². The van der Waals surface area contributed by atoms with Crippen LogP contribution in [0, 0.1) is 6.92 Å². The summed E-state index contributed by atoms with van der Waals surface area (Å²) in [4.78, 5) is 5.18. The van der Waals surface area contributed by atoms with Crippen LogP contribution < -0.4 is 10.6 Å². The summed E-state index contributed by atoms with van der Waals surface area (Å²) < 4.78 is 0. The van der Waals surface area contributed by atoms with E-state index in [1.54, 1.807) is 0 Å². The van der Waals surface area contributed by atoms with Crippen LogP contribution in [0.2, 0.25) is 5.02 Å². The molecule has 0 amide bonds. The van der Waals surface area contributed by atoms with Crippen molar-refractivity contribution in [2.24, 2.45) is 4.99 Å². The van der Waals surface area contributed by atoms with Gasteiger partial charge in [-0.15, -0.1) is 0 Å². The molecule has 0 saturated heterocycles. The number of nitrogens with zero attached hydrogens (tertiary/aromatic N) is 1. The highest BCUT2D eigenvalue weighted by Crippen LogP contribution is 2.39. The minimum atomic E-state index is -0.400. The zero-order chi connectivity index (χ0) is 18.1. The molecule has 0 radical (unpaired) electrons. The Morgan fingerprint density at radius 2 is 1.73 bits per heavy atom. The van der Waals surface area contributed by atoms with Gasteiger partial charge < -0.3 is 10.6 Å². The zero-order valence-corrected chi connectivity index (χ0v) is 16.2. The summed E-state index contributed by atoms with van der Waals surface area (Å²) >= 11 is 6.23. The third-order valence-corrected chi connectivity index (χ3v) is 5.84. The first-order valence-electron chi connectivity index (χ1n) is 9.55. The molecular weight excluding hydrogens is 342 g/mol. The predicted molar refractivity (Wildman–Crippen MR) is 112 cm³/mol. The number of anilines is 2. The van der Waals surface area contributed by atoms with Crippen LogP contribution in [0.4, 0.5) is 11.4 Å². The maximum Gasteiger partial charge on any atom is 0.131 e. The van der Waals surface area contributed by atoms with Gasteiger partial charge in [-0.25, -0.2) is 0 Å². The minimum Gasteiger partial charge on any atom is -0.368 e. The normalized spacial score (nSPS) is 24.7. The summed E-state index contributed by atoms with van der Waals surface area (Å²) in [6.07, 6.45) is 6.26. The van der Waals surface area contributed by atoms with E-state index in [1.165, 1.54) is 43.2 Å². The van der Waals surface area contributed by atoms with E-state index in [2.05, 4.69) is 48.7 Å². The maximum absolute atomic E-state index is 6.23. The molecule has 1 heterocycles. The van der Waals surface area contributed by atoms with E-state index in [4.69, 9.17) is 16.6 Å². The standard InChI is InChI=1S/C22H26ClN3/c1-15-8-10-16(11-9-15)22(2)21(24-18-6-4-3-5-7-18)25-19-13-12-17(23)14-20(19)26-22/h8-14,18,26H,3-7H2,1-2H3,(H,24,25). The van der Waals surface area contributed by atoms with Crippen molar-refractivity contribution < 1.29 is 0 Å². The molecule has 2 aromatic rings. The SMILES string of the molecule is Cc1ccc(C2(C)Nc3cc(Cl)ccc3NC2=NC2CCCCC2)cc1. The predicted octanol–water partition coefficient (Wildman–Crippen LogP) is 6.13. The molecule has 1 atom stereocenters. The van der Waals surface area contributed by atoms with Crippen LogP contribution in [-0.2, 0) is 5.54 Å². The van der Waals surface area contributed by atoms with Crippen LogP contribution in [0.1, 0.15) is 50.2 Å². The quantitative estimate of drug-likeness (QED) is 0.669. The molecular formula is C22H26ClN3. The summed E-state index contributed by atoms with van der Waals surface area (Å²) in [5.41, 5.74) is 4.12. The molecule has 1 unspecified atom stereocenters. The number of halogens is 1.